The van der Waals surface area contributed by atoms with Gasteiger partial charge in [-0.2, -0.15) is 12.6 Å². The fourth-order valence-corrected chi connectivity index (χ4v) is 2.57. The Kier molecular flexibility index (Phi) is 3.92. The third kappa shape index (κ3) is 2.78. The SMILES string of the molecule is NC(CCS)c1cc(Br)cs1. The minimum Gasteiger partial charge on any atom is -0.323 e. The molecule has 0 spiro atoms. The molecule has 0 saturated heterocycles. The zero-order valence-electron chi connectivity index (χ0n) is 5.96. The van der Waals surface area contributed by atoms with Crippen molar-refractivity contribution in [1.82, 2.24) is 0 Å². The normalized spacial score (nSPS) is 13.4. The van der Waals surface area contributed by atoms with Crippen LogP contribution < -0.4 is 5.73 Å². The molecule has 0 bridgehead atoms. The lowest BCUT2D eigenvalue weighted by Crippen LogP contribution is -2.08. The average molecular weight is 252 g/mol. The molecule has 1 heterocycles. The van der Waals surface area contributed by atoms with E-state index in [2.05, 4.69) is 34.6 Å². The van der Waals surface area contributed by atoms with E-state index in [1.165, 1.54) is 4.88 Å². The molecule has 1 rings (SSSR count). The highest BCUT2D eigenvalue weighted by Crippen LogP contribution is 2.25. The molecule has 1 aromatic heterocycles. The van der Waals surface area contributed by atoms with Crippen molar-refractivity contribution in [2.45, 2.75) is 12.5 Å². The fourth-order valence-electron chi connectivity index (χ4n) is 0.804. The second kappa shape index (κ2) is 4.50. The highest BCUT2D eigenvalue weighted by atomic mass is 79.9. The van der Waals surface area contributed by atoms with E-state index < -0.39 is 0 Å². The van der Waals surface area contributed by atoms with Gasteiger partial charge in [-0.1, -0.05) is 0 Å². The van der Waals surface area contributed by atoms with Crippen molar-refractivity contribution in [2.75, 3.05) is 5.75 Å². The molecule has 0 fully saturated rings. The molecule has 0 aliphatic heterocycles. The van der Waals surface area contributed by atoms with Gasteiger partial charge in [-0.15, -0.1) is 11.3 Å². The van der Waals surface area contributed by atoms with Gasteiger partial charge in [-0.3, -0.25) is 0 Å². The molecule has 62 valence electrons. The van der Waals surface area contributed by atoms with E-state index in [1.54, 1.807) is 11.3 Å². The third-order valence-electron chi connectivity index (χ3n) is 1.39. The predicted molar refractivity (Wildman–Crippen MR) is 57.4 cm³/mol. The van der Waals surface area contributed by atoms with Gasteiger partial charge in [0.1, 0.15) is 0 Å². The summed E-state index contributed by atoms with van der Waals surface area (Å²) in [6, 6.07) is 2.22. The van der Waals surface area contributed by atoms with Crippen LogP contribution in [-0.2, 0) is 0 Å². The van der Waals surface area contributed by atoms with Crippen LogP contribution in [0.4, 0.5) is 0 Å². The van der Waals surface area contributed by atoms with Crippen LogP contribution >= 0.6 is 39.9 Å². The zero-order valence-corrected chi connectivity index (χ0v) is 9.25. The summed E-state index contributed by atoms with van der Waals surface area (Å²) in [4.78, 5) is 1.23. The van der Waals surface area contributed by atoms with Crippen molar-refractivity contribution in [3.05, 3.63) is 20.8 Å². The molecule has 0 radical (unpaired) electrons. The summed E-state index contributed by atoms with van der Waals surface area (Å²) >= 11 is 9.21. The predicted octanol–water partition coefficient (Wildman–Crippen LogP) is 2.83. The lowest BCUT2D eigenvalue weighted by molar-refractivity contribution is 0.720. The monoisotopic (exact) mass is 251 g/mol. The van der Waals surface area contributed by atoms with Crippen LogP contribution in [-0.4, -0.2) is 5.75 Å². The Morgan fingerprint density at radius 1 is 1.73 bits per heavy atom. The van der Waals surface area contributed by atoms with Gasteiger partial charge in [0.05, 0.1) is 0 Å². The third-order valence-corrected chi connectivity index (χ3v) is 3.48. The first-order valence-electron chi connectivity index (χ1n) is 3.34. The summed E-state index contributed by atoms with van der Waals surface area (Å²) in [6.07, 6.45) is 0.941. The first-order chi connectivity index (χ1) is 5.24. The van der Waals surface area contributed by atoms with Crippen LogP contribution in [0.5, 0.6) is 0 Å². The first kappa shape index (κ1) is 9.58. The van der Waals surface area contributed by atoms with Gasteiger partial charge in [0, 0.05) is 20.8 Å². The lowest BCUT2D eigenvalue weighted by Gasteiger charge is -2.05. The maximum absolute atomic E-state index is 5.86. The van der Waals surface area contributed by atoms with Crippen LogP contribution in [0.15, 0.2) is 15.9 Å². The van der Waals surface area contributed by atoms with E-state index >= 15 is 0 Å². The maximum atomic E-state index is 5.86. The summed E-state index contributed by atoms with van der Waals surface area (Å²) in [5.74, 6) is 0.844. The summed E-state index contributed by atoms with van der Waals surface area (Å²) < 4.78 is 1.12. The number of nitrogens with two attached hydrogens (primary N) is 1. The van der Waals surface area contributed by atoms with E-state index in [1.807, 2.05) is 5.38 Å². The number of halogens is 1. The molecule has 1 nitrogen and oxygen atoms in total. The highest BCUT2D eigenvalue weighted by molar-refractivity contribution is 9.10. The molecule has 0 aromatic carbocycles. The van der Waals surface area contributed by atoms with Crippen molar-refractivity contribution in [3.8, 4) is 0 Å². The van der Waals surface area contributed by atoms with E-state index in [9.17, 15) is 0 Å². The maximum Gasteiger partial charge on any atom is 0.0397 e. The minimum atomic E-state index is 0.156. The smallest absolute Gasteiger partial charge is 0.0397 e. The van der Waals surface area contributed by atoms with Crippen molar-refractivity contribution >= 4 is 39.9 Å². The molecule has 0 aliphatic carbocycles. The van der Waals surface area contributed by atoms with Gasteiger partial charge in [0.25, 0.3) is 0 Å². The molecule has 0 saturated carbocycles. The molecule has 4 heteroatoms. The topological polar surface area (TPSA) is 26.0 Å². The van der Waals surface area contributed by atoms with E-state index in [0.717, 1.165) is 16.6 Å². The van der Waals surface area contributed by atoms with Crippen LogP contribution in [0.1, 0.15) is 17.3 Å². The molecule has 2 N–H and O–H groups in total. The largest absolute Gasteiger partial charge is 0.323 e. The summed E-state index contributed by atoms with van der Waals surface area (Å²) in [7, 11) is 0. The highest BCUT2D eigenvalue weighted by Gasteiger charge is 2.06. The van der Waals surface area contributed by atoms with Crippen molar-refractivity contribution in [2.24, 2.45) is 5.73 Å². The molecular formula is C7H10BrNS2. The second-order valence-corrected chi connectivity index (χ2v) is 4.59. The quantitative estimate of drug-likeness (QED) is 0.795. The van der Waals surface area contributed by atoms with Crippen LogP contribution in [0.2, 0.25) is 0 Å². The van der Waals surface area contributed by atoms with Crippen LogP contribution in [0, 0.1) is 0 Å². The molecule has 1 atom stereocenters. The first-order valence-corrected chi connectivity index (χ1v) is 5.65. The van der Waals surface area contributed by atoms with Crippen LogP contribution in [0.3, 0.4) is 0 Å². The zero-order chi connectivity index (χ0) is 8.27. The Morgan fingerprint density at radius 3 is 2.91 bits per heavy atom. The number of thiophene rings is 1. The molecule has 1 aromatic rings. The summed E-state index contributed by atoms with van der Waals surface area (Å²) in [5, 5.41) is 2.05. The summed E-state index contributed by atoms with van der Waals surface area (Å²) in [6.45, 7) is 0. The molecule has 0 amide bonds. The molecule has 11 heavy (non-hydrogen) atoms. The van der Waals surface area contributed by atoms with Gasteiger partial charge in [0.15, 0.2) is 0 Å². The van der Waals surface area contributed by atoms with E-state index in [0.29, 0.717) is 0 Å². The lowest BCUT2D eigenvalue weighted by atomic mass is 10.2. The van der Waals surface area contributed by atoms with Gasteiger partial charge in [-0.05, 0) is 34.2 Å². The number of hydrogen-bond donors (Lipinski definition) is 2. The molecule has 0 aliphatic rings. The van der Waals surface area contributed by atoms with Crippen molar-refractivity contribution < 1.29 is 0 Å². The van der Waals surface area contributed by atoms with Gasteiger partial charge in [-0.25, -0.2) is 0 Å². The Balaban J connectivity index is 2.60. The number of thiol groups is 1. The van der Waals surface area contributed by atoms with Gasteiger partial charge < -0.3 is 5.73 Å². The van der Waals surface area contributed by atoms with Gasteiger partial charge >= 0.3 is 0 Å². The fraction of sp³-hybridized carbons (Fsp3) is 0.429. The standard InChI is InChI=1S/C7H10BrNS2/c8-5-3-7(11-4-5)6(9)1-2-10/h3-4,6,10H,1-2,9H2. The van der Waals surface area contributed by atoms with Crippen molar-refractivity contribution in [3.63, 3.8) is 0 Å². The van der Waals surface area contributed by atoms with E-state index in [4.69, 9.17) is 5.73 Å². The molecule has 1 unspecified atom stereocenters. The van der Waals surface area contributed by atoms with Crippen LogP contribution in [0.25, 0.3) is 0 Å². The Hall–Kier alpha value is 0.490. The molecular weight excluding hydrogens is 242 g/mol. The average Bonchev–Trinajstić information content (AvgIpc) is 2.36. The van der Waals surface area contributed by atoms with Crippen molar-refractivity contribution in [1.29, 1.82) is 0 Å². The Labute approximate surface area is 84.5 Å². The van der Waals surface area contributed by atoms with E-state index in [-0.39, 0.29) is 6.04 Å². The Morgan fingerprint density at radius 2 is 2.45 bits per heavy atom. The minimum absolute atomic E-state index is 0.156. The number of hydrogen-bond acceptors (Lipinski definition) is 3. The summed E-state index contributed by atoms with van der Waals surface area (Å²) in [5.41, 5.74) is 5.86. The second-order valence-electron chi connectivity index (χ2n) is 2.29. The van der Waals surface area contributed by atoms with Gasteiger partial charge in [0.2, 0.25) is 0 Å². The Bertz CT molecular complexity index is 224. The number of rotatable bonds is 3.